The summed E-state index contributed by atoms with van der Waals surface area (Å²) in [5, 5.41) is 10.3. The van der Waals surface area contributed by atoms with Crippen LogP contribution in [0.2, 0.25) is 0 Å². The quantitative estimate of drug-likeness (QED) is 0.800. The van der Waals surface area contributed by atoms with Gasteiger partial charge >= 0.3 is 0 Å². The average Bonchev–Trinajstić information content (AvgIpc) is 3.08. The largest absolute Gasteiger partial charge is 0.394 e. The summed E-state index contributed by atoms with van der Waals surface area (Å²) in [5.74, 6) is -0.336. The fraction of sp³-hybridized carbons (Fsp3) is 0.571. The molecule has 2 aliphatic rings. The number of aromatic nitrogens is 3. The van der Waals surface area contributed by atoms with E-state index in [2.05, 4.69) is 25.9 Å². The van der Waals surface area contributed by atoms with Crippen molar-refractivity contribution in [2.45, 2.75) is 44.2 Å². The molecule has 0 unspecified atom stereocenters. The molecule has 3 N–H and O–H groups in total. The molecule has 2 aliphatic heterocycles. The zero-order valence-electron chi connectivity index (χ0n) is 12.6. The van der Waals surface area contributed by atoms with E-state index < -0.39 is 18.1 Å². The summed E-state index contributed by atoms with van der Waals surface area (Å²) >= 11 is 3.49. The van der Waals surface area contributed by atoms with Gasteiger partial charge in [-0.2, -0.15) is 0 Å². The molecule has 0 radical (unpaired) electrons. The van der Waals surface area contributed by atoms with E-state index in [1.165, 1.54) is 6.33 Å². The number of hydrogen-bond donors (Lipinski definition) is 2. The fourth-order valence-corrected chi connectivity index (χ4v) is 3.89. The molecule has 4 heterocycles. The number of nitrogen functional groups attached to an aromatic ring is 1. The molecule has 124 valence electrons. The SMILES string of the molecule is CC1(C)O[C@@H]2[C@H](O1)[C@@H](CO)O[C@H]2n1cc(Br)c2c(N)ncnc21. The van der Waals surface area contributed by atoms with Crippen LogP contribution in [0, 0.1) is 0 Å². The fourth-order valence-electron chi connectivity index (χ4n) is 3.29. The lowest BCUT2D eigenvalue weighted by Crippen LogP contribution is -2.31. The van der Waals surface area contributed by atoms with E-state index in [1.807, 2.05) is 24.6 Å². The van der Waals surface area contributed by atoms with Crippen LogP contribution in [0.5, 0.6) is 0 Å². The van der Waals surface area contributed by atoms with Crippen molar-refractivity contribution in [2.24, 2.45) is 0 Å². The molecule has 4 rings (SSSR count). The van der Waals surface area contributed by atoms with Gasteiger partial charge in [0.15, 0.2) is 12.0 Å². The minimum absolute atomic E-state index is 0.144. The van der Waals surface area contributed by atoms with Gasteiger partial charge in [0.05, 0.1) is 12.0 Å². The minimum Gasteiger partial charge on any atom is -0.394 e. The van der Waals surface area contributed by atoms with Crippen LogP contribution in [0.25, 0.3) is 11.0 Å². The van der Waals surface area contributed by atoms with Gasteiger partial charge in [0.2, 0.25) is 0 Å². The molecule has 4 atom stereocenters. The zero-order chi connectivity index (χ0) is 16.4. The topological polar surface area (TPSA) is 105 Å². The van der Waals surface area contributed by atoms with Crippen molar-refractivity contribution in [1.82, 2.24) is 14.5 Å². The maximum absolute atomic E-state index is 9.59. The normalized spacial score (nSPS) is 32.5. The number of aliphatic hydroxyl groups is 1. The third-order valence-electron chi connectivity index (χ3n) is 4.17. The molecule has 2 aromatic heterocycles. The monoisotopic (exact) mass is 384 g/mol. The standard InChI is InChI=1S/C14H17BrN4O4/c1-14(2)22-9-7(4-20)21-13(10(9)23-14)19-3-6(15)8-11(16)17-5-18-12(8)19/h3,5,7,9-10,13,20H,4H2,1-2H3,(H2,16,17,18)/t7-,9-,10-,13-/m1/s1. The first-order valence-electron chi connectivity index (χ1n) is 7.30. The molecule has 2 saturated heterocycles. The van der Waals surface area contributed by atoms with E-state index in [9.17, 15) is 5.11 Å². The van der Waals surface area contributed by atoms with Crippen LogP contribution < -0.4 is 5.73 Å². The number of nitrogens with two attached hydrogens (primary N) is 1. The van der Waals surface area contributed by atoms with Crippen molar-refractivity contribution in [1.29, 1.82) is 0 Å². The molecule has 2 aromatic rings. The smallest absolute Gasteiger partial charge is 0.164 e. The van der Waals surface area contributed by atoms with Crippen LogP contribution in [0.1, 0.15) is 20.1 Å². The van der Waals surface area contributed by atoms with Crippen LogP contribution >= 0.6 is 15.9 Å². The van der Waals surface area contributed by atoms with E-state index in [4.69, 9.17) is 19.9 Å². The zero-order valence-corrected chi connectivity index (χ0v) is 14.2. The molecule has 0 spiro atoms. The van der Waals surface area contributed by atoms with Crippen LogP contribution in [0.4, 0.5) is 5.82 Å². The lowest BCUT2D eigenvalue weighted by molar-refractivity contribution is -0.199. The molecule has 0 aromatic carbocycles. The summed E-state index contributed by atoms with van der Waals surface area (Å²) < 4.78 is 20.4. The van der Waals surface area contributed by atoms with Crippen molar-refractivity contribution < 1.29 is 19.3 Å². The van der Waals surface area contributed by atoms with Gasteiger partial charge < -0.3 is 29.6 Å². The molecule has 0 saturated carbocycles. The Labute approximate surface area is 140 Å². The van der Waals surface area contributed by atoms with E-state index in [0.717, 1.165) is 9.86 Å². The predicted octanol–water partition coefficient (Wildman–Crippen LogP) is 1.19. The summed E-state index contributed by atoms with van der Waals surface area (Å²) in [5.41, 5.74) is 6.58. The van der Waals surface area contributed by atoms with E-state index in [-0.39, 0.29) is 18.8 Å². The van der Waals surface area contributed by atoms with E-state index in [1.54, 1.807) is 0 Å². The minimum atomic E-state index is -0.723. The maximum Gasteiger partial charge on any atom is 0.164 e. The van der Waals surface area contributed by atoms with E-state index >= 15 is 0 Å². The summed E-state index contributed by atoms with van der Waals surface area (Å²) in [7, 11) is 0. The Hall–Kier alpha value is -1.26. The van der Waals surface area contributed by atoms with Gasteiger partial charge in [-0.3, -0.25) is 0 Å². The summed E-state index contributed by atoms with van der Waals surface area (Å²) in [6.45, 7) is 3.55. The lowest BCUT2D eigenvalue weighted by atomic mass is 10.1. The second-order valence-corrected chi connectivity index (χ2v) is 7.01. The molecule has 8 nitrogen and oxygen atoms in total. The van der Waals surface area contributed by atoms with Gasteiger partial charge in [0.25, 0.3) is 0 Å². The summed E-state index contributed by atoms with van der Waals surface area (Å²) in [6, 6.07) is 0. The highest BCUT2D eigenvalue weighted by molar-refractivity contribution is 9.10. The van der Waals surface area contributed by atoms with Gasteiger partial charge in [-0.1, -0.05) is 0 Å². The molecule has 0 bridgehead atoms. The van der Waals surface area contributed by atoms with Crippen molar-refractivity contribution >= 4 is 32.8 Å². The molecule has 9 heteroatoms. The Balaban J connectivity index is 1.81. The number of rotatable bonds is 2. The summed E-state index contributed by atoms with van der Waals surface area (Å²) in [4.78, 5) is 8.33. The third-order valence-corrected chi connectivity index (χ3v) is 4.77. The Bertz CT molecular complexity index is 765. The maximum atomic E-state index is 9.59. The van der Waals surface area contributed by atoms with Gasteiger partial charge in [0, 0.05) is 10.7 Å². The Kier molecular flexibility index (Phi) is 3.40. The molecule has 0 amide bonds. The highest BCUT2D eigenvalue weighted by Crippen LogP contribution is 2.44. The van der Waals surface area contributed by atoms with Crippen molar-refractivity contribution in [3.05, 3.63) is 17.0 Å². The van der Waals surface area contributed by atoms with Crippen LogP contribution in [-0.4, -0.2) is 50.3 Å². The van der Waals surface area contributed by atoms with Crippen molar-refractivity contribution in [2.75, 3.05) is 12.3 Å². The molecule has 2 fully saturated rings. The third kappa shape index (κ3) is 2.26. The Morgan fingerprint density at radius 1 is 1.35 bits per heavy atom. The Morgan fingerprint density at radius 3 is 2.83 bits per heavy atom. The Morgan fingerprint density at radius 2 is 2.09 bits per heavy atom. The lowest BCUT2D eigenvalue weighted by Gasteiger charge is -2.24. The first-order valence-corrected chi connectivity index (χ1v) is 8.09. The van der Waals surface area contributed by atoms with Crippen molar-refractivity contribution in [3.8, 4) is 0 Å². The molecular formula is C14H17BrN4O4. The molecule has 23 heavy (non-hydrogen) atoms. The van der Waals surface area contributed by atoms with Gasteiger partial charge in [0.1, 0.15) is 36.1 Å². The molecular weight excluding hydrogens is 368 g/mol. The first kappa shape index (κ1) is 15.3. The first-order chi connectivity index (χ1) is 10.9. The number of ether oxygens (including phenoxy) is 3. The summed E-state index contributed by atoms with van der Waals surface area (Å²) in [6.07, 6.45) is 1.64. The highest BCUT2D eigenvalue weighted by atomic mass is 79.9. The van der Waals surface area contributed by atoms with Gasteiger partial charge in [-0.15, -0.1) is 0 Å². The number of halogens is 1. The highest BCUT2D eigenvalue weighted by Gasteiger charge is 2.55. The number of aliphatic hydroxyl groups excluding tert-OH is 1. The number of hydrogen-bond acceptors (Lipinski definition) is 7. The number of fused-ring (bicyclic) bond motifs is 2. The van der Waals surface area contributed by atoms with E-state index in [0.29, 0.717) is 11.5 Å². The van der Waals surface area contributed by atoms with Gasteiger partial charge in [-0.05, 0) is 29.8 Å². The predicted molar refractivity (Wildman–Crippen MR) is 84.5 cm³/mol. The second-order valence-electron chi connectivity index (χ2n) is 6.15. The second kappa shape index (κ2) is 5.12. The number of nitrogens with zero attached hydrogens (tertiary/aromatic N) is 3. The van der Waals surface area contributed by atoms with Crippen LogP contribution in [0.3, 0.4) is 0 Å². The number of anilines is 1. The molecule has 0 aliphatic carbocycles. The van der Waals surface area contributed by atoms with Crippen LogP contribution in [0.15, 0.2) is 17.0 Å². The van der Waals surface area contributed by atoms with Crippen molar-refractivity contribution in [3.63, 3.8) is 0 Å². The van der Waals surface area contributed by atoms with Crippen LogP contribution in [-0.2, 0) is 14.2 Å². The average molecular weight is 385 g/mol. The van der Waals surface area contributed by atoms with Gasteiger partial charge in [-0.25, -0.2) is 9.97 Å².